The Balaban J connectivity index is 2.30. The van der Waals surface area contributed by atoms with Crippen molar-refractivity contribution >= 4 is 23.6 Å². The van der Waals surface area contributed by atoms with Gasteiger partial charge in [0.25, 0.3) is 0 Å². The molecule has 0 aliphatic carbocycles. The number of amides is 1. The van der Waals surface area contributed by atoms with Gasteiger partial charge in [-0.3, -0.25) is 9.59 Å². The topological polar surface area (TPSA) is 66.4 Å². The largest absolute Gasteiger partial charge is 0.481 e. The van der Waals surface area contributed by atoms with Gasteiger partial charge in [-0.2, -0.15) is 0 Å². The molecular formula is C16H23NO3S. The summed E-state index contributed by atoms with van der Waals surface area (Å²) < 4.78 is 0. The smallest absolute Gasteiger partial charge is 0.303 e. The van der Waals surface area contributed by atoms with Gasteiger partial charge >= 0.3 is 5.97 Å². The molecule has 1 aromatic carbocycles. The van der Waals surface area contributed by atoms with E-state index in [0.717, 1.165) is 4.90 Å². The number of rotatable bonds is 8. The van der Waals surface area contributed by atoms with E-state index in [1.807, 2.05) is 20.8 Å². The van der Waals surface area contributed by atoms with E-state index in [9.17, 15) is 9.59 Å². The zero-order valence-electron chi connectivity index (χ0n) is 12.8. The molecule has 1 amide bonds. The minimum atomic E-state index is -0.841. The average Bonchev–Trinajstić information content (AvgIpc) is 2.38. The van der Waals surface area contributed by atoms with Gasteiger partial charge in [-0.25, -0.2) is 0 Å². The number of aliphatic carboxylic acids is 1. The Bertz CT molecular complexity index is 483. The van der Waals surface area contributed by atoms with E-state index in [2.05, 4.69) is 29.6 Å². The predicted octanol–water partition coefficient (Wildman–Crippen LogP) is 3.24. The highest BCUT2D eigenvalue weighted by Crippen LogP contribution is 2.19. The monoisotopic (exact) mass is 309 g/mol. The lowest BCUT2D eigenvalue weighted by molar-refractivity contribution is -0.137. The number of carboxylic acids is 1. The van der Waals surface area contributed by atoms with Crippen LogP contribution >= 0.6 is 11.8 Å². The minimum Gasteiger partial charge on any atom is -0.481 e. The van der Waals surface area contributed by atoms with Crippen molar-refractivity contribution in [2.45, 2.75) is 50.5 Å². The summed E-state index contributed by atoms with van der Waals surface area (Å²) in [6.07, 6.45) is 0.916. The molecule has 0 radical (unpaired) electrons. The van der Waals surface area contributed by atoms with Crippen LogP contribution < -0.4 is 5.32 Å². The van der Waals surface area contributed by atoms with Gasteiger partial charge in [-0.15, -0.1) is 11.8 Å². The molecule has 21 heavy (non-hydrogen) atoms. The van der Waals surface area contributed by atoms with Gasteiger partial charge in [0.15, 0.2) is 0 Å². The molecule has 2 N–H and O–H groups in total. The lowest BCUT2D eigenvalue weighted by atomic mass is 9.98. The fourth-order valence-corrected chi connectivity index (χ4v) is 2.67. The molecule has 0 aliphatic heterocycles. The second-order valence-electron chi connectivity index (χ2n) is 5.74. The van der Waals surface area contributed by atoms with Gasteiger partial charge in [0.05, 0.1) is 0 Å². The first-order valence-electron chi connectivity index (χ1n) is 7.01. The van der Waals surface area contributed by atoms with Gasteiger partial charge in [0, 0.05) is 29.0 Å². The number of carboxylic acid groups (broad SMARTS) is 1. The van der Waals surface area contributed by atoms with Gasteiger partial charge in [0.1, 0.15) is 0 Å². The van der Waals surface area contributed by atoms with Crippen LogP contribution in [0.4, 0.5) is 0 Å². The summed E-state index contributed by atoms with van der Waals surface area (Å²) in [6.45, 7) is 5.74. The third-order valence-corrected chi connectivity index (χ3v) is 4.07. The van der Waals surface area contributed by atoms with Gasteiger partial charge < -0.3 is 10.4 Å². The molecule has 4 nitrogen and oxygen atoms in total. The van der Waals surface area contributed by atoms with Crippen molar-refractivity contribution in [3.63, 3.8) is 0 Å². The third-order valence-electron chi connectivity index (χ3n) is 3.06. The molecule has 0 unspecified atom stereocenters. The van der Waals surface area contributed by atoms with Crippen LogP contribution in [0.3, 0.4) is 0 Å². The normalized spacial score (nSPS) is 11.2. The molecule has 116 valence electrons. The van der Waals surface area contributed by atoms with Crippen molar-refractivity contribution in [2.75, 3.05) is 5.75 Å². The number of thioether (sulfide) groups is 1. The zero-order valence-corrected chi connectivity index (χ0v) is 13.6. The summed E-state index contributed by atoms with van der Waals surface area (Å²) in [6, 6.07) is 8.21. The Hall–Kier alpha value is -1.49. The fraction of sp³-hybridized carbons (Fsp3) is 0.500. The number of hydrogen-bond acceptors (Lipinski definition) is 3. The maximum atomic E-state index is 11.9. The molecule has 0 saturated carbocycles. The molecule has 0 heterocycles. The number of nitrogens with one attached hydrogen (secondary N) is 1. The molecule has 0 bridgehead atoms. The fourth-order valence-electron chi connectivity index (χ4n) is 1.82. The van der Waals surface area contributed by atoms with Crippen LogP contribution in [0.15, 0.2) is 29.2 Å². The van der Waals surface area contributed by atoms with E-state index < -0.39 is 11.5 Å². The Morgan fingerprint density at radius 1 is 1.19 bits per heavy atom. The molecule has 0 atom stereocenters. The molecule has 1 aromatic rings. The number of aryl methyl sites for hydroxylation is 1. The standard InChI is InChI=1S/C16H23NO3S/c1-12-4-6-13(7-5-12)21-11-9-14(18)17-16(2,3)10-8-15(19)20/h4-7H,8-11H2,1-3H3,(H,17,18)(H,19,20). The Labute approximate surface area is 130 Å². The molecular weight excluding hydrogens is 286 g/mol. The molecule has 0 aliphatic rings. The quantitative estimate of drug-likeness (QED) is 0.724. The number of hydrogen-bond donors (Lipinski definition) is 2. The second-order valence-corrected chi connectivity index (χ2v) is 6.91. The third kappa shape index (κ3) is 7.75. The van der Waals surface area contributed by atoms with Crippen LogP contribution in [-0.2, 0) is 9.59 Å². The maximum Gasteiger partial charge on any atom is 0.303 e. The van der Waals surface area contributed by atoms with Crippen molar-refractivity contribution in [1.82, 2.24) is 5.32 Å². The van der Waals surface area contributed by atoms with Gasteiger partial charge in [0.2, 0.25) is 5.91 Å². The maximum absolute atomic E-state index is 11.9. The summed E-state index contributed by atoms with van der Waals surface area (Å²) in [5.41, 5.74) is 0.738. The van der Waals surface area contributed by atoms with E-state index in [-0.39, 0.29) is 12.3 Å². The SMILES string of the molecule is Cc1ccc(SCCC(=O)NC(C)(C)CCC(=O)O)cc1. The minimum absolute atomic E-state index is 0.0370. The predicted molar refractivity (Wildman–Crippen MR) is 85.6 cm³/mol. The van der Waals surface area contributed by atoms with Crippen LogP contribution in [0.5, 0.6) is 0 Å². The average molecular weight is 309 g/mol. The number of carbonyl (C=O) groups is 2. The molecule has 0 saturated heterocycles. The summed E-state index contributed by atoms with van der Waals surface area (Å²) in [4.78, 5) is 23.6. The van der Waals surface area contributed by atoms with E-state index >= 15 is 0 Å². The Kier molecular flexibility index (Phi) is 6.75. The molecule has 0 spiro atoms. The van der Waals surface area contributed by atoms with E-state index in [0.29, 0.717) is 18.6 Å². The first-order chi connectivity index (χ1) is 9.78. The van der Waals surface area contributed by atoms with E-state index in [1.165, 1.54) is 5.56 Å². The van der Waals surface area contributed by atoms with Crippen LogP contribution in [0, 0.1) is 6.92 Å². The van der Waals surface area contributed by atoms with E-state index in [4.69, 9.17) is 5.11 Å². The highest BCUT2D eigenvalue weighted by atomic mass is 32.2. The first-order valence-corrected chi connectivity index (χ1v) is 7.99. The summed E-state index contributed by atoms with van der Waals surface area (Å²) >= 11 is 1.65. The van der Waals surface area contributed by atoms with Crippen molar-refractivity contribution in [2.24, 2.45) is 0 Å². The van der Waals surface area contributed by atoms with E-state index in [1.54, 1.807) is 11.8 Å². The highest BCUT2D eigenvalue weighted by molar-refractivity contribution is 7.99. The Morgan fingerprint density at radius 3 is 2.38 bits per heavy atom. The number of benzene rings is 1. The lowest BCUT2D eigenvalue weighted by Gasteiger charge is -2.25. The van der Waals surface area contributed by atoms with Crippen LogP contribution in [0.25, 0.3) is 0 Å². The zero-order chi connectivity index (χ0) is 15.9. The molecule has 1 rings (SSSR count). The van der Waals surface area contributed by atoms with Crippen LogP contribution in [0.1, 0.15) is 38.7 Å². The summed E-state index contributed by atoms with van der Waals surface area (Å²) in [5.74, 6) is -0.165. The molecule has 0 fully saturated rings. The Morgan fingerprint density at radius 2 is 1.81 bits per heavy atom. The second kappa shape index (κ2) is 8.08. The van der Waals surface area contributed by atoms with Crippen molar-refractivity contribution < 1.29 is 14.7 Å². The molecule has 0 aromatic heterocycles. The first kappa shape index (κ1) is 17.6. The highest BCUT2D eigenvalue weighted by Gasteiger charge is 2.21. The van der Waals surface area contributed by atoms with Gasteiger partial charge in [-0.1, -0.05) is 17.7 Å². The van der Waals surface area contributed by atoms with Crippen LogP contribution in [-0.4, -0.2) is 28.3 Å². The van der Waals surface area contributed by atoms with Gasteiger partial charge in [-0.05, 0) is 39.3 Å². The molecule has 5 heteroatoms. The van der Waals surface area contributed by atoms with Crippen molar-refractivity contribution in [1.29, 1.82) is 0 Å². The lowest BCUT2D eigenvalue weighted by Crippen LogP contribution is -2.43. The van der Waals surface area contributed by atoms with Crippen molar-refractivity contribution in [3.8, 4) is 0 Å². The van der Waals surface area contributed by atoms with Crippen LogP contribution in [0.2, 0.25) is 0 Å². The number of carbonyl (C=O) groups excluding carboxylic acids is 1. The summed E-state index contributed by atoms with van der Waals surface area (Å²) in [5, 5.41) is 11.6. The summed E-state index contributed by atoms with van der Waals surface area (Å²) in [7, 11) is 0. The van der Waals surface area contributed by atoms with Crippen molar-refractivity contribution in [3.05, 3.63) is 29.8 Å².